The summed E-state index contributed by atoms with van der Waals surface area (Å²) >= 11 is 1.87. The lowest BCUT2D eigenvalue weighted by molar-refractivity contribution is 0.0336. The van der Waals surface area contributed by atoms with E-state index in [1.165, 1.54) is 26.0 Å². The molecule has 5 heterocycles. The molecule has 34 heavy (non-hydrogen) atoms. The van der Waals surface area contributed by atoms with Gasteiger partial charge in [-0.1, -0.05) is 6.58 Å². The Bertz CT molecular complexity index is 1370. The maximum atomic E-state index is 5.49. The van der Waals surface area contributed by atoms with Crippen LogP contribution in [0.5, 0.6) is 0 Å². The van der Waals surface area contributed by atoms with Crippen molar-refractivity contribution in [2.24, 2.45) is 0 Å². The summed E-state index contributed by atoms with van der Waals surface area (Å²) in [6.07, 6.45) is 1.82. The lowest BCUT2D eigenvalue weighted by atomic mass is 10.1. The SMILES string of the molecule is C=Cc1cc(-c2ccc3c(ccc4sc5c(c43)NC[C@@H](C)NC5)n2)cc(CN2CCOCC2)n1. The van der Waals surface area contributed by atoms with E-state index in [0.717, 1.165) is 74.1 Å². The van der Waals surface area contributed by atoms with Gasteiger partial charge in [-0.2, -0.15) is 0 Å². The average Bonchev–Trinajstić information content (AvgIpc) is 3.14. The van der Waals surface area contributed by atoms with Gasteiger partial charge in [0.2, 0.25) is 0 Å². The Hall–Kier alpha value is -2.84. The summed E-state index contributed by atoms with van der Waals surface area (Å²) in [4.78, 5) is 13.6. The van der Waals surface area contributed by atoms with Gasteiger partial charge in [0.25, 0.3) is 0 Å². The van der Waals surface area contributed by atoms with Crippen LogP contribution in [0.15, 0.2) is 43.0 Å². The number of anilines is 1. The highest BCUT2D eigenvalue weighted by Gasteiger charge is 2.19. The molecule has 174 valence electrons. The van der Waals surface area contributed by atoms with Gasteiger partial charge in [0.05, 0.1) is 41.5 Å². The summed E-state index contributed by atoms with van der Waals surface area (Å²) in [7, 11) is 0. The van der Waals surface area contributed by atoms with Gasteiger partial charge in [-0.15, -0.1) is 11.3 Å². The van der Waals surface area contributed by atoms with Crippen LogP contribution in [0.25, 0.3) is 38.3 Å². The molecule has 2 aliphatic rings. The summed E-state index contributed by atoms with van der Waals surface area (Å²) in [6.45, 7) is 12.3. The normalized spacial score (nSPS) is 19.0. The third kappa shape index (κ3) is 4.09. The molecule has 7 heteroatoms. The molecular formula is C27H29N5OS. The second-order valence-corrected chi connectivity index (χ2v) is 10.3. The van der Waals surface area contributed by atoms with Crippen molar-refractivity contribution in [2.75, 3.05) is 38.2 Å². The van der Waals surface area contributed by atoms with E-state index in [1.54, 1.807) is 0 Å². The van der Waals surface area contributed by atoms with Gasteiger partial charge in [-0.3, -0.25) is 9.88 Å². The number of nitrogens with zero attached hydrogens (tertiary/aromatic N) is 3. The molecule has 0 saturated carbocycles. The summed E-state index contributed by atoms with van der Waals surface area (Å²) in [6, 6.07) is 13.4. The van der Waals surface area contributed by atoms with Crippen molar-refractivity contribution in [3.8, 4) is 11.3 Å². The van der Waals surface area contributed by atoms with Gasteiger partial charge in [0.1, 0.15) is 0 Å². The Morgan fingerprint density at radius 1 is 1.18 bits per heavy atom. The Kier molecular flexibility index (Phi) is 5.79. The van der Waals surface area contributed by atoms with Gasteiger partial charge in [0.15, 0.2) is 0 Å². The molecule has 0 unspecified atom stereocenters. The zero-order chi connectivity index (χ0) is 23.1. The van der Waals surface area contributed by atoms with Gasteiger partial charge >= 0.3 is 0 Å². The number of aromatic nitrogens is 2. The van der Waals surface area contributed by atoms with Crippen molar-refractivity contribution in [1.82, 2.24) is 20.2 Å². The molecule has 6 nitrogen and oxygen atoms in total. The number of rotatable bonds is 4. The lowest BCUT2D eigenvalue weighted by Gasteiger charge is -2.26. The second-order valence-electron chi connectivity index (χ2n) is 9.13. The van der Waals surface area contributed by atoms with Crippen LogP contribution in [0.4, 0.5) is 5.69 Å². The van der Waals surface area contributed by atoms with Crippen LogP contribution < -0.4 is 10.6 Å². The van der Waals surface area contributed by atoms with E-state index in [4.69, 9.17) is 14.7 Å². The van der Waals surface area contributed by atoms with E-state index in [1.807, 2.05) is 17.4 Å². The molecule has 3 aromatic heterocycles. The highest BCUT2D eigenvalue weighted by Crippen LogP contribution is 2.41. The molecule has 1 atom stereocenters. The van der Waals surface area contributed by atoms with Crippen molar-refractivity contribution in [1.29, 1.82) is 0 Å². The van der Waals surface area contributed by atoms with Crippen LogP contribution in [0.2, 0.25) is 0 Å². The monoisotopic (exact) mass is 471 g/mol. The molecule has 4 aromatic rings. The summed E-state index contributed by atoms with van der Waals surface area (Å²) in [5.74, 6) is 0. The summed E-state index contributed by atoms with van der Waals surface area (Å²) in [5, 5.41) is 9.77. The molecule has 0 aliphatic carbocycles. The van der Waals surface area contributed by atoms with Crippen LogP contribution >= 0.6 is 11.3 Å². The first-order valence-corrected chi connectivity index (χ1v) is 12.8. The largest absolute Gasteiger partial charge is 0.382 e. The minimum absolute atomic E-state index is 0.451. The van der Waals surface area contributed by atoms with Gasteiger partial charge < -0.3 is 15.4 Å². The van der Waals surface area contributed by atoms with Crippen LogP contribution in [0.1, 0.15) is 23.2 Å². The average molecular weight is 472 g/mol. The zero-order valence-electron chi connectivity index (χ0n) is 19.4. The predicted octanol–water partition coefficient (Wildman–Crippen LogP) is 4.89. The summed E-state index contributed by atoms with van der Waals surface area (Å²) < 4.78 is 6.80. The van der Waals surface area contributed by atoms with E-state index in [2.05, 4.69) is 65.4 Å². The molecule has 1 saturated heterocycles. The van der Waals surface area contributed by atoms with E-state index in [0.29, 0.717) is 6.04 Å². The molecule has 2 aliphatic heterocycles. The fourth-order valence-corrected chi connectivity index (χ4v) is 6.00. The van der Waals surface area contributed by atoms with Gasteiger partial charge in [-0.25, -0.2) is 4.98 Å². The van der Waals surface area contributed by atoms with Gasteiger partial charge in [0, 0.05) is 64.7 Å². The third-order valence-electron chi connectivity index (χ3n) is 6.68. The minimum atomic E-state index is 0.451. The number of pyridine rings is 2. The maximum Gasteiger partial charge on any atom is 0.0717 e. The smallest absolute Gasteiger partial charge is 0.0717 e. The standard InChI is InChI=1S/C27H29N5OS/c1-3-19-12-18(13-20(30-19)16-32-8-10-33-11-9-32)22-5-4-21-23(31-22)6-7-24-26(21)27-25(34-24)15-28-17(2)14-29-27/h3-7,12-13,17,28-29H,1,8-11,14-16H2,2H3/t17-/m1/s1. The number of hydrogen-bond donors (Lipinski definition) is 2. The fraction of sp³-hybridized carbons (Fsp3) is 0.333. The maximum absolute atomic E-state index is 5.49. The van der Waals surface area contributed by atoms with E-state index < -0.39 is 0 Å². The zero-order valence-corrected chi connectivity index (χ0v) is 20.3. The van der Waals surface area contributed by atoms with Crippen molar-refractivity contribution >= 4 is 44.1 Å². The number of thiophene rings is 1. The second kappa shape index (κ2) is 9.07. The highest BCUT2D eigenvalue weighted by molar-refractivity contribution is 7.20. The molecule has 0 radical (unpaired) electrons. The van der Waals surface area contributed by atoms with Crippen LogP contribution in [-0.4, -0.2) is 53.8 Å². The van der Waals surface area contributed by atoms with E-state index in [-0.39, 0.29) is 0 Å². The molecular weight excluding hydrogens is 442 g/mol. The lowest BCUT2D eigenvalue weighted by Crippen LogP contribution is -2.35. The van der Waals surface area contributed by atoms with Gasteiger partial charge in [-0.05, 0) is 49.4 Å². The van der Waals surface area contributed by atoms with Crippen molar-refractivity contribution < 1.29 is 4.74 Å². The number of hydrogen-bond acceptors (Lipinski definition) is 7. The first-order valence-electron chi connectivity index (χ1n) is 11.9. The summed E-state index contributed by atoms with van der Waals surface area (Å²) in [5.41, 5.74) is 6.25. The molecule has 0 spiro atoms. The number of morpholine rings is 1. The van der Waals surface area contributed by atoms with Crippen LogP contribution in [0, 0.1) is 0 Å². The fourth-order valence-electron chi connectivity index (χ4n) is 4.85. The third-order valence-corrected chi connectivity index (χ3v) is 7.84. The first kappa shape index (κ1) is 21.7. The molecule has 6 rings (SSSR count). The Labute approximate surface area is 203 Å². The van der Waals surface area contributed by atoms with Crippen LogP contribution in [-0.2, 0) is 17.8 Å². The Morgan fingerprint density at radius 3 is 2.91 bits per heavy atom. The quantitative estimate of drug-likeness (QED) is 0.442. The molecule has 0 bridgehead atoms. The highest BCUT2D eigenvalue weighted by atomic mass is 32.1. The number of benzene rings is 1. The predicted molar refractivity (Wildman–Crippen MR) is 141 cm³/mol. The Morgan fingerprint density at radius 2 is 2.06 bits per heavy atom. The van der Waals surface area contributed by atoms with Crippen molar-refractivity contribution in [3.63, 3.8) is 0 Å². The van der Waals surface area contributed by atoms with Crippen molar-refractivity contribution in [3.05, 3.63) is 59.2 Å². The molecule has 0 amide bonds. The minimum Gasteiger partial charge on any atom is -0.382 e. The Balaban J connectivity index is 1.40. The molecule has 1 fully saturated rings. The number of ether oxygens (including phenoxy) is 1. The molecule has 2 N–H and O–H groups in total. The van der Waals surface area contributed by atoms with Crippen LogP contribution in [0.3, 0.4) is 0 Å². The topological polar surface area (TPSA) is 62.3 Å². The van der Waals surface area contributed by atoms with Crippen molar-refractivity contribution in [2.45, 2.75) is 26.1 Å². The van der Waals surface area contributed by atoms with E-state index >= 15 is 0 Å². The number of fused-ring (bicyclic) bond motifs is 5. The first-order chi connectivity index (χ1) is 16.7. The van der Waals surface area contributed by atoms with E-state index in [9.17, 15) is 0 Å². The molecule has 1 aromatic carbocycles. The number of nitrogens with one attached hydrogen (secondary N) is 2.